The third-order valence-electron chi connectivity index (χ3n) is 2.17. The van der Waals surface area contributed by atoms with Crippen LogP contribution < -0.4 is 5.73 Å². The molecule has 86 valence electrons. The lowest BCUT2D eigenvalue weighted by Gasteiger charge is -2.07. The molecule has 1 aromatic heterocycles. The van der Waals surface area contributed by atoms with Crippen LogP contribution in [0.2, 0.25) is 5.02 Å². The van der Waals surface area contributed by atoms with Gasteiger partial charge in [-0.05, 0) is 6.07 Å². The van der Waals surface area contributed by atoms with Crippen molar-refractivity contribution in [2.24, 2.45) is 0 Å². The maximum absolute atomic E-state index is 11.1. The van der Waals surface area contributed by atoms with Crippen LogP contribution in [0.15, 0.2) is 30.5 Å². The number of nitrogens with two attached hydrogens (primary N) is 1. The van der Waals surface area contributed by atoms with Crippen LogP contribution >= 0.6 is 11.6 Å². The van der Waals surface area contributed by atoms with E-state index in [1.54, 1.807) is 24.3 Å². The summed E-state index contributed by atoms with van der Waals surface area (Å²) in [6.07, 6.45) is 1.17. The molecule has 0 aliphatic heterocycles. The Morgan fingerprint density at radius 2 is 2.06 bits per heavy atom. The van der Waals surface area contributed by atoms with Crippen LogP contribution in [-0.2, 0) is 0 Å². The van der Waals surface area contributed by atoms with Crippen molar-refractivity contribution < 1.29 is 9.90 Å². The molecule has 0 saturated heterocycles. The molecule has 0 radical (unpaired) electrons. The van der Waals surface area contributed by atoms with Gasteiger partial charge in [0.1, 0.15) is 5.56 Å². The molecule has 1 aromatic carbocycles. The average Bonchev–Trinajstić information content (AvgIpc) is 2.29. The van der Waals surface area contributed by atoms with E-state index in [0.29, 0.717) is 10.6 Å². The van der Waals surface area contributed by atoms with Crippen LogP contribution in [0, 0.1) is 0 Å². The zero-order chi connectivity index (χ0) is 12.4. The normalized spacial score (nSPS) is 10.2. The molecule has 0 saturated carbocycles. The van der Waals surface area contributed by atoms with E-state index >= 15 is 0 Å². The van der Waals surface area contributed by atoms with Gasteiger partial charge in [0, 0.05) is 16.8 Å². The molecule has 5 nitrogen and oxygen atoms in total. The zero-order valence-electron chi connectivity index (χ0n) is 8.59. The zero-order valence-corrected chi connectivity index (χ0v) is 9.35. The Kier molecular flexibility index (Phi) is 2.93. The molecular formula is C11H8ClN3O2. The molecule has 6 heteroatoms. The Morgan fingerprint density at radius 1 is 1.35 bits per heavy atom. The number of carboxylic acid groups (broad SMARTS) is 1. The highest BCUT2D eigenvalue weighted by Crippen LogP contribution is 2.28. The van der Waals surface area contributed by atoms with Gasteiger partial charge in [-0.3, -0.25) is 0 Å². The maximum atomic E-state index is 11.1. The smallest absolute Gasteiger partial charge is 0.339 e. The SMILES string of the molecule is Nc1ncc(C(=O)O)c(-c2ccccc2Cl)n1. The summed E-state index contributed by atoms with van der Waals surface area (Å²) in [6, 6.07) is 6.82. The molecule has 1 heterocycles. The molecule has 0 spiro atoms. The van der Waals surface area contributed by atoms with Gasteiger partial charge in [0.2, 0.25) is 5.95 Å². The molecule has 0 atom stereocenters. The van der Waals surface area contributed by atoms with Crippen molar-refractivity contribution >= 4 is 23.5 Å². The number of aromatic nitrogens is 2. The monoisotopic (exact) mass is 249 g/mol. The van der Waals surface area contributed by atoms with Crippen LogP contribution in [0.5, 0.6) is 0 Å². The van der Waals surface area contributed by atoms with E-state index in [1.807, 2.05) is 0 Å². The highest BCUT2D eigenvalue weighted by molar-refractivity contribution is 6.33. The fourth-order valence-electron chi connectivity index (χ4n) is 1.41. The van der Waals surface area contributed by atoms with Gasteiger partial charge < -0.3 is 10.8 Å². The summed E-state index contributed by atoms with van der Waals surface area (Å²) in [7, 11) is 0. The van der Waals surface area contributed by atoms with Gasteiger partial charge in [-0.1, -0.05) is 29.8 Å². The largest absolute Gasteiger partial charge is 0.478 e. The number of carboxylic acids is 1. The number of rotatable bonds is 2. The highest BCUT2D eigenvalue weighted by Gasteiger charge is 2.16. The first-order valence-electron chi connectivity index (χ1n) is 4.70. The van der Waals surface area contributed by atoms with Crippen molar-refractivity contribution in [2.45, 2.75) is 0 Å². The summed E-state index contributed by atoms with van der Waals surface area (Å²) < 4.78 is 0. The fourth-order valence-corrected chi connectivity index (χ4v) is 1.64. The first-order chi connectivity index (χ1) is 8.09. The van der Waals surface area contributed by atoms with E-state index in [0.717, 1.165) is 0 Å². The number of carbonyl (C=O) groups is 1. The maximum Gasteiger partial charge on any atom is 0.339 e. The molecule has 0 bridgehead atoms. The van der Waals surface area contributed by atoms with Gasteiger partial charge in [-0.2, -0.15) is 0 Å². The second-order valence-corrected chi connectivity index (χ2v) is 3.68. The minimum absolute atomic E-state index is 0.00456. The van der Waals surface area contributed by atoms with Crippen LogP contribution in [-0.4, -0.2) is 21.0 Å². The summed E-state index contributed by atoms with van der Waals surface area (Å²) in [4.78, 5) is 18.6. The Labute approximate surface area is 102 Å². The Morgan fingerprint density at radius 3 is 2.71 bits per heavy atom. The number of halogens is 1. The number of anilines is 1. The van der Waals surface area contributed by atoms with Crippen molar-refractivity contribution in [2.75, 3.05) is 5.73 Å². The lowest BCUT2D eigenvalue weighted by Crippen LogP contribution is -2.06. The van der Waals surface area contributed by atoms with Gasteiger partial charge in [0.05, 0.1) is 5.69 Å². The summed E-state index contributed by atoms with van der Waals surface area (Å²) in [5.74, 6) is -1.12. The predicted molar refractivity (Wildman–Crippen MR) is 63.8 cm³/mol. The third kappa shape index (κ3) is 2.19. The predicted octanol–water partition coefficient (Wildman–Crippen LogP) is 2.08. The van der Waals surface area contributed by atoms with E-state index in [1.165, 1.54) is 6.20 Å². The Balaban J connectivity index is 2.70. The van der Waals surface area contributed by atoms with Crippen molar-refractivity contribution in [1.29, 1.82) is 0 Å². The van der Waals surface area contributed by atoms with Gasteiger partial charge in [-0.25, -0.2) is 14.8 Å². The van der Waals surface area contributed by atoms with Crippen molar-refractivity contribution in [1.82, 2.24) is 9.97 Å². The number of benzene rings is 1. The quantitative estimate of drug-likeness (QED) is 0.851. The van der Waals surface area contributed by atoms with Crippen LogP contribution in [0.3, 0.4) is 0 Å². The van der Waals surface area contributed by atoms with E-state index in [9.17, 15) is 4.79 Å². The average molecular weight is 250 g/mol. The first kappa shape index (κ1) is 11.3. The van der Waals surface area contributed by atoms with Crippen molar-refractivity contribution in [3.8, 4) is 11.3 Å². The topological polar surface area (TPSA) is 89.1 Å². The van der Waals surface area contributed by atoms with Gasteiger partial charge in [-0.15, -0.1) is 0 Å². The molecule has 0 fully saturated rings. The number of nitrogens with zero attached hydrogens (tertiary/aromatic N) is 2. The van der Waals surface area contributed by atoms with E-state index < -0.39 is 5.97 Å². The van der Waals surface area contributed by atoms with Crippen LogP contribution in [0.25, 0.3) is 11.3 Å². The molecule has 0 aliphatic carbocycles. The molecule has 0 amide bonds. The van der Waals surface area contributed by atoms with Gasteiger partial charge in [0.25, 0.3) is 0 Å². The Hall–Kier alpha value is -2.14. The van der Waals surface area contributed by atoms with E-state index in [2.05, 4.69) is 9.97 Å². The summed E-state index contributed by atoms with van der Waals surface area (Å²) in [5.41, 5.74) is 6.15. The summed E-state index contributed by atoms with van der Waals surface area (Å²) in [6.45, 7) is 0. The number of aromatic carboxylic acids is 1. The molecule has 17 heavy (non-hydrogen) atoms. The molecule has 0 aliphatic rings. The lowest BCUT2D eigenvalue weighted by atomic mass is 10.1. The summed E-state index contributed by atoms with van der Waals surface area (Å²) >= 11 is 5.99. The first-order valence-corrected chi connectivity index (χ1v) is 5.08. The second-order valence-electron chi connectivity index (χ2n) is 3.28. The molecule has 0 unspecified atom stereocenters. The lowest BCUT2D eigenvalue weighted by molar-refractivity contribution is 0.0697. The number of nitrogen functional groups attached to an aromatic ring is 1. The van der Waals surface area contributed by atoms with Gasteiger partial charge >= 0.3 is 5.97 Å². The Bertz CT molecular complexity index is 587. The van der Waals surface area contributed by atoms with Crippen LogP contribution in [0.1, 0.15) is 10.4 Å². The molecule has 2 aromatic rings. The standard InChI is InChI=1S/C11H8ClN3O2/c12-8-4-2-1-3-6(8)9-7(10(16)17)5-14-11(13)15-9/h1-5H,(H,16,17)(H2,13,14,15). The van der Waals surface area contributed by atoms with Crippen molar-refractivity contribution in [3.05, 3.63) is 41.0 Å². The molecular weight excluding hydrogens is 242 g/mol. The molecule has 3 N–H and O–H groups in total. The highest BCUT2D eigenvalue weighted by atomic mass is 35.5. The minimum atomic E-state index is -1.13. The molecule has 2 rings (SSSR count). The summed E-state index contributed by atoms with van der Waals surface area (Å²) in [5, 5.41) is 9.46. The van der Waals surface area contributed by atoms with E-state index in [-0.39, 0.29) is 17.2 Å². The van der Waals surface area contributed by atoms with Gasteiger partial charge in [0.15, 0.2) is 0 Å². The number of hydrogen-bond acceptors (Lipinski definition) is 4. The van der Waals surface area contributed by atoms with E-state index in [4.69, 9.17) is 22.4 Å². The number of hydrogen-bond donors (Lipinski definition) is 2. The minimum Gasteiger partial charge on any atom is -0.478 e. The fraction of sp³-hybridized carbons (Fsp3) is 0. The third-order valence-corrected chi connectivity index (χ3v) is 2.50. The second kappa shape index (κ2) is 4.39. The van der Waals surface area contributed by atoms with Crippen LogP contribution in [0.4, 0.5) is 5.95 Å². The van der Waals surface area contributed by atoms with Crippen molar-refractivity contribution in [3.63, 3.8) is 0 Å².